The minimum atomic E-state index is -4.45. The topological polar surface area (TPSA) is 75.6 Å². The normalized spacial score (nSPS) is 12.9. The van der Waals surface area contributed by atoms with Gasteiger partial charge in [-0.1, -0.05) is 56.6 Å². The zero-order valence-electron chi connectivity index (χ0n) is 19.4. The lowest BCUT2D eigenvalue weighted by atomic mass is 9.81. The molecule has 1 atom stereocenters. The summed E-state index contributed by atoms with van der Waals surface area (Å²) in [6.45, 7) is 5.20. The van der Waals surface area contributed by atoms with Crippen LogP contribution < -0.4 is 10.1 Å². The molecule has 0 spiro atoms. The molecule has 5 nitrogen and oxygen atoms in total. The number of rotatable bonds is 8. The number of carbonyl (C=O) groups excluding carboxylic acids is 1. The van der Waals surface area contributed by atoms with Crippen molar-refractivity contribution in [2.45, 2.75) is 46.0 Å². The molecule has 1 amide bonds. The van der Waals surface area contributed by atoms with E-state index in [2.05, 4.69) is 5.32 Å². The molecule has 0 heterocycles. The van der Waals surface area contributed by atoms with E-state index < -0.39 is 35.1 Å². The summed E-state index contributed by atoms with van der Waals surface area (Å²) < 4.78 is 44.5. The van der Waals surface area contributed by atoms with Crippen molar-refractivity contribution < 1.29 is 32.6 Å². The number of benzene rings is 3. The number of ether oxygens (including phenoxy) is 1. The van der Waals surface area contributed by atoms with E-state index >= 15 is 0 Å². The molecule has 0 bridgehead atoms. The molecular weight excluding hydrogens is 483 g/mol. The molecule has 9 heteroatoms. The van der Waals surface area contributed by atoms with E-state index in [0.717, 1.165) is 17.5 Å². The Balaban J connectivity index is 1.98. The lowest BCUT2D eigenvalue weighted by Crippen LogP contribution is -2.50. The van der Waals surface area contributed by atoms with Gasteiger partial charge in [0.2, 0.25) is 0 Å². The van der Waals surface area contributed by atoms with Gasteiger partial charge in [0, 0.05) is 10.4 Å². The average molecular weight is 508 g/mol. The van der Waals surface area contributed by atoms with E-state index in [1.54, 1.807) is 38.1 Å². The van der Waals surface area contributed by atoms with Crippen molar-refractivity contribution in [2.24, 2.45) is 5.41 Å². The Morgan fingerprint density at radius 3 is 2.26 bits per heavy atom. The highest BCUT2D eigenvalue weighted by atomic mass is 35.5. The Kier molecular flexibility index (Phi) is 7.65. The second-order valence-corrected chi connectivity index (χ2v) is 9.31. The molecular formula is C26H25ClF3NO4. The summed E-state index contributed by atoms with van der Waals surface area (Å²) in [7, 11) is 0. The first-order chi connectivity index (χ1) is 16.3. The van der Waals surface area contributed by atoms with E-state index in [4.69, 9.17) is 16.3 Å². The summed E-state index contributed by atoms with van der Waals surface area (Å²) in [5.74, 6) is -1.66. The van der Waals surface area contributed by atoms with Crippen LogP contribution in [-0.2, 0) is 17.6 Å². The monoisotopic (exact) mass is 507 g/mol. The lowest BCUT2D eigenvalue weighted by Gasteiger charge is -2.31. The van der Waals surface area contributed by atoms with Gasteiger partial charge < -0.3 is 15.2 Å². The molecule has 0 aliphatic rings. The van der Waals surface area contributed by atoms with Gasteiger partial charge in [-0.2, -0.15) is 13.2 Å². The SMILES string of the molecule is CCC(C)(C)C(NC(=O)c1ccc2ccc(Cl)cc2c1OCc1ccc(C(F)(F)F)cc1)C(=O)O. The van der Waals surface area contributed by atoms with Crippen molar-refractivity contribution in [1.82, 2.24) is 5.32 Å². The highest BCUT2D eigenvalue weighted by Gasteiger charge is 2.36. The third-order valence-corrected chi connectivity index (χ3v) is 6.29. The standard InChI is InChI=1S/C26H25ClF3NO4/c1-4-25(2,3)22(24(33)34)31-23(32)19-12-8-16-7-11-18(27)13-20(16)21(19)35-14-15-5-9-17(10-6-15)26(28,29)30/h5-13,22H,4,14H2,1-3H3,(H,31,32)(H,33,34). The van der Waals surface area contributed by atoms with Gasteiger partial charge in [0.1, 0.15) is 18.4 Å². The number of hydrogen-bond acceptors (Lipinski definition) is 3. The fourth-order valence-electron chi connectivity index (χ4n) is 3.55. The van der Waals surface area contributed by atoms with Crippen LogP contribution in [0.4, 0.5) is 13.2 Å². The maximum Gasteiger partial charge on any atom is 0.416 e. The Bertz CT molecular complexity index is 1240. The van der Waals surface area contributed by atoms with Gasteiger partial charge in [0.25, 0.3) is 5.91 Å². The molecule has 0 radical (unpaired) electrons. The van der Waals surface area contributed by atoms with Crippen LogP contribution in [0.15, 0.2) is 54.6 Å². The second kappa shape index (κ2) is 10.2. The van der Waals surface area contributed by atoms with E-state index in [9.17, 15) is 27.9 Å². The van der Waals surface area contributed by atoms with Crippen LogP contribution in [0.1, 0.15) is 48.7 Å². The average Bonchev–Trinajstić information content (AvgIpc) is 2.80. The number of carbonyl (C=O) groups is 2. The van der Waals surface area contributed by atoms with Crippen LogP contribution in [0.5, 0.6) is 5.75 Å². The van der Waals surface area contributed by atoms with Crippen molar-refractivity contribution >= 4 is 34.2 Å². The predicted molar refractivity (Wildman–Crippen MR) is 128 cm³/mol. The summed E-state index contributed by atoms with van der Waals surface area (Å²) in [5, 5.41) is 13.9. The van der Waals surface area contributed by atoms with Gasteiger partial charge >= 0.3 is 12.1 Å². The third kappa shape index (κ3) is 6.06. The highest BCUT2D eigenvalue weighted by Crippen LogP contribution is 2.34. The van der Waals surface area contributed by atoms with Crippen LogP contribution in [0.3, 0.4) is 0 Å². The summed E-state index contributed by atoms with van der Waals surface area (Å²) >= 11 is 6.16. The fraction of sp³-hybridized carbons (Fsp3) is 0.308. The molecule has 1 unspecified atom stereocenters. The van der Waals surface area contributed by atoms with E-state index in [1.807, 2.05) is 6.92 Å². The molecule has 186 valence electrons. The van der Waals surface area contributed by atoms with Crippen LogP contribution in [0.2, 0.25) is 5.02 Å². The minimum Gasteiger partial charge on any atom is -0.487 e. The Morgan fingerprint density at radius 2 is 1.69 bits per heavy atom. The van der Waals surface area contributed by atoms with Crippen LogP contribution in [-0.4, -0.2) is 23.0 Å². The maximum atomic E-state index is 13.2. The number of alkyl halides is 3. The lowest BCUT2D eigenvalue weighted by molar-refractivity contribution is -0.142. The van der Waals surface area contributed by atoms with Crippen molar-refractivity contribution in [3.8, 4) is 5.75 Å². The van der Waals surface area contributed by atoms with Gasteiger partial charge in [-0.15, -0.1) is 0 Å². The number of aliphatic carboxylic acids is 1. The van der Waals surface area contributed by atoms with Gasteiger partial charge in [-0.25, -0.2) is 4.79 Å². The number of halogens is 4. The molecule has 2 N–H and O–H groups in total. The van der Waals surface area contributed by atoms with E-state index in [1.165, 1.54) is 18.2 Å². The molecule has 3 rings (SSSR count). The van der Waals surface area contributed by atoms with Crippen molar-refractivity contribution in [3.63, 3.8) is 0 Å². The van der Waals surface area contributed by atoms with E-state index in [-0.39, 0.29) is 17.9 Å². The zero-order chi connectivity index (χ0) is 26.0. The Morgan fingerprint density at radius 1 is 1.06 bits per heavy atom. The third-order valence-electron chi connectivity index (χ3n) is 6.06. The molecule has 0 aromatic heterocycles. The molecule has 0 aliphatic carbocycles. The van der Waals surface area contributed by atoms with Crippen molar-refractivity contribution in [1.29, 1.82) is 0 Å². The first-order valence-electron chi connectivity index (χ1n) is 10.9. The molecule has 0 saturated carbocycles. The molecule has 3 aromatic rings. The first kappa shape index (κ1) is 26.3. The molecule has 3 aromatic carbocycles. The summed E-state index contributed by atoms with van der Waals surface area (Å²) in [4.78, 5) is 25.1. The van der Waals surface area contributed by atoms with Crippen molar-refractivity contribution in [3.05, 3.63) is 76.3 Å². The second-order valence-electron chi connectivity index (χ2n) is 8.88. The number of carboxylic acid groups (broad SMARTS) is 1. The van der Waals surface area contributed by atoms with E-state index in [0.29, 0.717) is 22.4 Å². The molecule has 35 heavy (non-hydrogen) atoms. The smallest absolute Gasteiger partial charge is 0.416 e. The van der Waals surface area contributed by atoms with Crippen LogP contribution in [0, 0.1) is 5.41 Å². The van der Waals surface area contributed by atoms with Gasteiger partial charge in [-0.3, -0.25) is 4.79 Å². The van der Waals surface area contributed by atoms with Gasteiger partial charge in [-0.05, 0) is 53.1 Å². The number of amides is 1. The maximum absolute atomic E-state index is 13.2. The molecule has 0 aliphatic heterocycles. The summed E-state index contributed by atoms with van der Waals surface area (Å²) in [6.07, 6.45) is -3.95. The zero-order valence-corrected chi connectivity index (χ0v) is 20.1. The van der Waals surface area contributed by atoms with Gasteiger partial charge in [0.15, 0.2) is 0 Å². The quantitative estimate of drug-likeness (QED) is 0.355. The van der Waals surface area contributed by atoms with Gasteiger partial charge in [0.05, 0.1) is 11.1 Å². The highest BCUT2D eigenvalue weighted by molar-refractivity contribution is 6.31. The van der Waals surface area contributed by atoms with Crippen molar-refractivity contribution in [2.75, 3.05) is 0 Å². The summed E-state index contributed by atoms with van der Waals surface area (Å²) in [5.41, 5.74) is -0.955. The van der Waals surface area contributed by atoms with Crippen LogP contribution in [0.25, 0.3) is 10.8 Å². The number of fused-ring (bicyclic) bond motifs is 1. The summed E-state index contributed by atoms with van der Waals surface area (Å²) in [6, 6.07) is 11.6. The fourth-order valence-corrected chi connectivity index (χ4v) is 3.72. The molecule has 0 saturated heterocycles. The number of hydrogen-bond donors (Lipinski definition) is 2. The number of carboxylic acids is 1. The Labute approximate surface area is 205 Å². The predicted octanol–water partition coefficient (Wildman–Crippen LogP) is 6.71. The first-order valence-corrected chi connectivity index (χ1v) is 11.3. The minimum absolute atomic E-state index is 0.0878. The van der Waals surface area contributed by atoms with Crippen LogP contribution >= 0.6 is 11.6 Å². The molecule has 0 fully saturated rings. The Hall–Kier alpha value is -3.26. The number of nitrogens with one attached hydrogen (secondary N) is 1. The largest absolute Gasteiger partial charge is 0.487 e.